The predicted octanol–water partition coefficient (Wildman–Crippen LogP) is 3.56. The number of fused-ring (bicyclic) bond motifs is 1. The number of amides is 2. The smallest absolute Gasteiger partial charge is 0.306 e. The number of hydrogen-bond acceptors (Lipinski definition) is 6. The lowest BCUT2D eigenvalue weighted by molar-refractivity contribution is 0.256. The molecule has 0 saturated carbocycles. The Morgan fingerprint density at radius 3 is 2.82 bits per heavy atom. The predicted molar refractivity (Wildman–Crippen MR) is 117 cm³/mol. The Labute approximate surface area is 174 Å². The van der Waals surface area contributed by atoms with Crippen molar-refractivity contribution in [3.05, 3.63) is 27.7 Å². The van der Waals surface area contributed by atoms with E-state index >= 15 is 0 Å². The summed E-state index contributed by atoms with van der Waals surface area (Å²) in [5.41, 5.74) is 3.37. The number of nitrogens with zero attached hydrogens (tertiary/aromatic N) is 4. The molecule has 2 aliphatic rings. The number of rotatable bonds is 5. The molecule has 2 aromatic heterocycles. The van der Waals surface area contributed by atoms with Crippen LogP contribution in [0, 0.1) is 6.92 Å². The molecule has 1 aliphatic carbocycles. The maximum absolute atomic E-state index is 12.6. The summed E-state index contributed by atoms with van der Waals surface area (Å²) < 4.78 is 7.00. The number of nitrogens with one attached hydrogen (secondary N) is 2. The molecule has 0 atom stereocenters. The van der Waals surface area contributed by atoms with Gasteiger partial charge in [0.05, 0.1) is 29.7 Å². The number of anilines is 2. The molecule has 0 aromatic carbocycles. The highest BCUT2D eigenvalue weighted by Gasteiger charge is 2.26. The zero-order valence-electron chi connectivity index (χ0n) is 16.7. The van der Waals surface area contributed by atoms with Crippen molar-refractivity contribution in [1.29, 1.82) is 0 Å². The van der Waals surface area contributed by atoms with Crippen molar-refractivity contribution in [2.24, 2.45) is 7.05 Å². The van der Waals surface area contributed by atoms with Gasteiger partial charge in [0.1, 0.15) is 0 Å². The van der Waals surface area contributed by atoms with Crippen LogP contribution in [0.5, 0.6) is 0 Å². The van der Waals surface area contributed by atoms with Crippen molar-refractivity contribution in [3.63, 3.8) is 0 Å². The van der Waals surface area contributed by atoms with Crippen molar-refractivity contribution in [2.75, 3.05) is 29.8 Å². The van der Waals surface area contributed by atoms with Crippen LogP contribution in [0.25, 0.3) is 0 Å². The second-order valence-electron chi connectivity index (χ2n) is 7.67. The summed E-state index contributed by atoms with van der Waals surface area (Å²) >= 11 is 3.18. The maximum atomic E-state index is 12.6. The molecule has 28 heavy (non-hydrogen) atoms. The summed E-state index contributed by atoms with van der Waals surface area (Å²) in [5, 5.41) is 7.41. The zero-order chi connectivity index (χ0) is 19.7. The van der Waals surface area contributed by atoms with Gasteiger partial charge in [-0.25, -0.2) is 4.79 Å². The molecule has 1 aliphatic heterocycles. The van der Waals surface area contributed by atoms with Crippen molar-refractivity contribution < 1.29 is 4.79 Å². The molecular formula is C19H28N6OS2. The number of carbonyl (C=O) groups excluding carboxylic acids is 1. The fourth-order valence-electron chi connectivity index (χ4n) is 4.02. The molecule has 0 spiro atoms. The standard InChI is InChI=1S/C19H28N6OS2/c1-13-18(16-5-4-6-17(16)27-13)21-19(26)22-28-25(15-11-20-24(3)12-15)14-7-9-23(2)10-8-14/h11-12,14H,4-10H2,1-3H3,(H2,21,22,26). The minimum atomic E-state index is -0.164. The Bertz CT molecular complexity index is 840. The van der Waals surface area contributed by atoms with Crippen molar-refractivity contribution in [3.8, 4) is 0 Å². The number of piperidine rings is 1. The highest BCUT2D eigenvalue weighted by molar-refractivity contribution is 7.99. The number of urea groups is 1. The molecule has 0 bridgehead atoms. The second kappa shape index (κ2) is 8.34. The van der Waals surface area contributed by atoms with Crippen LogP contribution in [-0.2, 0) is 19.9 Å². The van der Waals surface area contributed by atoms with Crippen molar-refractivity contribution >= 4 is 40.9 Å². The first-order chi connectivity index (χ1) is 13.5. The summed E-state index contributed by atoms with van der Waals surface area (Å²) in [6.07, 6.45) is 9.40. The molecule has 9 heteroatoms. The van der Waals surface area contributed by atoms with Crippen LogP contribution >= 0.6 is 23.5 Å². The van der Waals surface area contributed by atoms with E-state index in [1.807, 2.05) is 30.8 Å². The number of aryl methyl sites for hydroxylation is 3. The van der Waals surface area contributed by atoms with Gasteiger partial charge in [0, 0.05) is 29.0 Å². The minimum absolute atomic E-state index is 0.164. The van der Waals surface area contributed by atoms with E-state index in [2.05, 4.69) is 38.3 Å². The lowest BCUT2D eigenvalue weighted by atomic mass is 10.1. The first-order valence-electron chi connectivity index (χ1n) is 9.83. The third-order valence-corrected chi connectivity index (χ3v) is 7.73. The summed E-state index contributed by atoms with van der Waals surface area (Å²) in [4.78, 5) is 17.6. The van der Waals surface area contributed by atoms with Crippen molar-refractivity contribution in [2.45, 2.75) is 45.1 Å². The van der Waals surface area contributed by atoms with E-state index in [9.17, 15) is 4.79 Å². The van der Waals surface area contributed by atoms with Crippen LogP contribution in [0.2, 0.25) is 0 Å². The highest BCUT2D eigenvalue weighted by Crippen LogP contribution is 2.38. The topological polar surface area (TPSA) is 65.4 Å². The summed E-state index contributed by atoms with van der Waals surface area (Å²) in [7, 11) is 4.08. The van der Waals surface area contributed by atoms with Gasteiger partial charge >= 0.3 is 6.03 Å². The fourth-order valence-corrected chi connectivity index (χ4v) is 6.04. The normalized spacial score (nSPS) is 17.5. The van der Waals surface area contributed by atoms with Crippen molar-refractivity contribution in [1.82, 2.24) is 19.4 Å². The summed E-state index contributed by atoms with van der Waals surface area (Å²) in [5.74, 6) is 0. The highest BCUT2D eigenvalue weighted by atomic mass is 32.2. The number of thiophene rings is 1. The number of aromatic nitrogens is 2. The Morgan fingerprint density at radius 2 is 2.11 bits per heavy atom. The van der Waals surface area contributed by atoms with Crippen LogP contribution in [0.3, 0.4) is 0 Å². The number of hydrogen-bond donors (Lipinski definition) is 2. The molecule has 0 unspecified atom stereocenters. The van der Waals surface area contributed by atoms with Crippen LogP contribution in [0.15, 0.2) is 12.4 Å². The Morgan fingerprint density at radius 1 is 1.32 bits per heavy atom. The van der Waals surface area contributed by atoms with Crippen LogP contribution in [-0.4, -0.2) is 46.9 Å². The molecule has 1 fully saturated rings. The largest absolute Gasteiger partial charge is 0.330 e. The molecule has 4 rings (SSSR count). The zero-order valence-corrected chi connectivity index (χ0v) is 18.3. The first-order valence-corrected chi connectivity index (χ1v) is 11.4. The third kappa shape index (κ3) is 4.16. The molecule has 0 radical (unpaired) electrons. The monoisotopic (exact) mass is 420 g/mol. The molecular weight excluding hydrogens is 392 g/mol. The molecule has 2 N–H and O–H groups in total. The minimum Gasteiger partial charge on any atom is -0.306 e. The molecule has 2 amide bonds. The lowest BCUT2D eigenvalue weighted by Gasteiger charge is -2.36. The number of carbonyl (C=O) groups is 1. The van der Waals surface area contributed by atoms with Gasteiger partial charge in [0.15, 0.2) is 0 Å². The van der Waals surface area contributed by atoms with Gasteiger partial charge in [-0.3, -0.25) is 13.7 Å². The Hall–Kier alpha value is -1.71. The van der Waals surface area contributed by atoms with Gasteiger partial charge in [-0.1, -0.05) is 0 Å². The average molecular weight is 421 g/mol. The van der Waals surface area contributed by atoms with Crippen LogP contribution < -0.4 is 14.3 Å². The van der Waals surface area contributed by atoms with E-state index in [-0.39, 0.29) is 6.03 Å². The Balaban J connectivity index is 1.42. The van der Waals surface area contributed by atoms with E-state index in [0.717, 1.165) is 50.1 Å². The molecule has 152 valence electrons. The van der Waals surface area contributed by atoms with E-state index in [1.165, 1.54) is 33.9 Å². The van der Waals surface area contributed by atoms with E-state index < -0.39 is 0 Å². The summed E-state index contributed by atoms with van der Waals surface area (Å²) in [6, 6.07) is 0.209. The molecule has 2 aromatic rings. The van der Waals surface area contributed by atoms with Crippen LogP contribution in [0.4, 0.5) is 16.2 Å². The molecule has 3 heterocycles. The molecule has 7 nitrogen and oxygen atoms in total. The third-order valence-electron chi connectivity index (χ3n) is 5.54. The van der Waals surface area contributed by atoms with E-state index in [4.69, 9.17) is 0 Å². The van der Waals surface area contributed by atoms with Gasteiger partial charge in [-0.2, -0.15) is 5.10 Å². The quantitative estimate of drug-likeness (QED) is 0.724. The second-order valence-corrected chi connectivity index (χ2v) is 9.76. The van der Waals surface area contributed by atoms with E-state index in [1.54, 1.807) is 4.68 Å². The van der Waals surface area contributed by atoms with E-state index in [0.29, 0.717) is 6.04 Å². The SMILES string of the molecule is Cc1sc2c(c1NC(=O)NSN(c1cnn(C)c1)C1CCN(C)CC1)CCC2. The van der Waals surface area contributed by atoms with Gasteiger partial charge in [-0.05, 0) is 64.7 Å². The van der Waals surface area contributed by atoms with Gasteiger partial charge < -0.3 is 10.2 Å². The lowest BCUT2D eigenvalue weighted by Crippen LogP contribution is -2.42. The van der Waals surface area contributed by atoms with Gasteiger partial charge in [0.2, 0.25) is 0 Å². The first kappa shape index (κ1) is 19.6. The maximum Gasteiger partial charge on any atom is 0.330 e. The molecule has 1 saturated heterocycles. The van der Waals surface area contributed by atoms with Gasteiger partial charge in [-0.15, -0.1) is 11.3 Å². The van der Waals surface area contributed by atoms with Crippen LogP contribution in [0.1, 0.15) is 34.6 Å². The Kier molecular flexibility index (Phi) is 5.84. The number of likely N-dealkylation sites (tertiary alicyclic amines) is 1. The summed E-state index contributed by atoms with van der Waals surface area (Å²) in [6.45, 7) is 4.22. The van der Waals surface area contributed by atoms with Gasteiger partial charge in [0.25, 0.3) is 0 Å². The fraction of sp³-hybridized carbons (Fsp3) is 0.579. The average Bonchev–Trinajstić information content (AvgIpc) is 3.36.